The summed E-state index contributed by atoms with van der Waals surface area (Å²) in [4.78, 5) is 5.10. The Hall–Kier alpha value is -6.77. The Labute approximate surface area is 294 Å². The molecule has 2 heteroatoms. The molecule has 236 valence electrons. The molecule has 51 heavy (non-hydrogen) atoms. The first-order valence-corrected chi connectivity index (χ1v) is 17.6. The van der Waals surface area contributed by atoms with E-state index < -0.39 is 0 Å². The number of para-hydroxylation sites is 3. The van der Waals surface area contributed by atoms with E-state index in [1.807, 2.05) is 0 Å². The minimum absolute atomic E-state index is 0.997. The fourth-order valence-electron chi connectivity index (χ4n) is 8.42. The molecule has 2 nitrogen and oxygen atoms in total. The van der Waals surface area contributed by atoms with Gasteiger partial charge in [-0.2, -0.15) is 0 Å². The lowest BCUT2D eigenvalue weighted by Gasteiger charge is -2.18. The van der Waals surface area contributed by atoms with Gasteiger partial charge in [-0.25, -0.2) is 4.98 Å². The van der Waals surface area contributed by atoms with Crippen LogP contribution in [0, 0.1) is 0 Å². The van der Waals surface area contributed by atoms with Gasteiger partial charge >= 0.3 is 0 Å². The van der Waals surface area contributed by atoms with Crippen molar-refractivity contribution < 1.29 is 0 Å². The van der Waals surface area contributed by atoms with E-state index in [2.05, 4.69) is 186 Å². The largest absolute Gasteiger partial charge is 0.292 e. The highest BCUT2D eigenvalue weighted by Crippen LogP contribution is 2.44. The zero-order valence-corrected chi connectivity index (χ0v) is 27.7. The quantitative estimate of drug-likeness (QED) is 0.138. The third kappa shape index (κ3) is 4.20. The summed E-state index contributed by atoms with van der Waals surface area (Å²) in [6.45, 7) is 0. The van der Waals surface area contributed by atoms with Crippen molar-refractivity contribution in [1.82, 2.24) is 9.38 Å². The number of fused-ring (bicyclic) bond motifs is 11. The first-order chi connectivity index (χ1) is 25.3. The molecular formula is C49H30N2. The van der Waals surface area contributed by atoms with Gasteiger partial charge in [0.2, 0.25) is 0 Å². The Kier molecular flexibility index (Phi) is 5.99. The lowest BCUT2D eigenvalue weighted by Crippen LogP contribution is -1.92. The molecule has 0 amide bonds. The average Bonchev–Trinajstić information content (AvgIpc) is 3.60. The van der Waals surface area contributed by atoms with Crippen LogP contribution in [0.1, 0.15) is 0 Å². The molecule has 0 aliphatic heterocycles. The zero-order chi connectivity index (χ0) is 33.5. The Morgan fingerprint density at radius 3 is 1.55 bits per heavy atom. The number of imidazole rings is 1. The van der Waals surface area contributed by atoms with Crippen LogP contribution in [0.2, 0.25) is 0 Å². The summed E-state index contributed by atoms with van der Waals surface area (Å²) in [5, 5.41) is 11.2. The van der Waals surface area contributed by atoms with Crippen LogP contribution in [0.3, 0.4) is 0 Å². The number of aromatic nitrogens is 2. The molecule has 0 unspecified atom stereocenters. The maximum atomic E-state index is 5.10. The van der Waals surface area contributed by atoms with Crippen LogP contribution in [-0.4, -0.2) is 9.38 Å². The van der Waals surface area contributed by atoms with Crippen molar-refractivity contribution in [1.29, 1.82) is 0 Å². The molecule has 0 fully saturated rings. The van der Waals surface area contributed by atoms with Crippen LogP contribution in [0.5, 0.6) is 0 Å². The van der Waals surface area contributed by atoms with Crippen molar-refractivity contribution in [3.63, 3.8) is 0 Å². The second kappa shape index (κ2) is 10.9. The van der Waals surface area contributed by atoms with Crippen LogP contribution in [-0.2, 0) is 0 Å². The summed E-state index contributed by atoms with van der Waals surface area (Å²) in [6.07, 6.45) is 0. The molecule has 9 aromatic carbocycles. The molecular weight excluding hydrogens is 617 g/mol. The van der Waals surface area contributed by atoms with Crippen LogP contribution in [0.25, 0.3) is 104 Å². The fraction of sp³-hybridized carbons (Fsp3) is 0. The molecule has 0 N–H and O–H groups in total. The molecule has 0 saturated carbocycles. The molecule has 0 bridgehead atoms. The molecule has 11 rings (SSSR count). The lowest BCUT2D eigenvalue weighted by molar-refractivity contribution is 1.31. The Morgan fingerprint density at radius 2 is 0.843 bits per heavy atom. The van der Waals surface area contributed by atoms with Crippen molar-refractivity contribution in [3.8, 4) is 33.4 Å². The highest BCUT2D eigenvalue weighted by Gasteiger charge is 2.18. The molecule has 2 heterocycles. The van der Waals surface area contributed by atoms with E-state index in [-0.39, 0.29) is 0 Å². The van der Waals surface area contributed by atoms with Gasteiger partial charge in [0.1, 0.15) is 5.65 Å². The lowest BCUT2D eigenvalue weighted by atomic mass is 9.85. The van der Waals surface area contributed by atoms with Gasteiger partial charge in [-0.3, -0.25) is 4.40 Å². The molecule has 2 aromatic heterocycles. The first-order valence-electron chi connectivity index (χ1n) is 17.6. The Bertz CT molecular complexity index is 3170. The van der Waals surface area contributed by atoms with Gasteiger partial charge in [0.25, 0.3) is 0 Å². The summed E-state index contributed by atoms with van der Waals surface area (Å²) in [6, 6.07) is 66.4. The van der Waals surface area contributed by atoms with Gasteiger partial charge in [-0.1, -0.05) is 140 Å². The zero-order valence-electron chi connectivity index (χ0n) is 27.7. The van der Waals surface area contributed by atoms with Gasteiger partial charge < -0.3 is 0 Å². The maximum Gasteiger partial charge on any atom is 0.146 e. The van der Waals surface area contributed by atoms with Crippen LogP contribution >= 0.6 is 0 Å². The third-order valence-corrected chi connectivity index (χ3v) is 10.7. The minimum Gasteiger partial charge on any atom is -0.292 e. The van der Waals surface area contributed by atoms with E-state index in [4.69, 9.17) is 4.98 Å². The van der Waals surface area contributed by atoms with Gasteiger partial charge in [-0.05, 0) is 114 Å². The minimum atomic E-state index is 0.997. The van der Waals surface area contributed by atoms with Gasteiger partial charge in [0.15, 0.2) is 0 Å². The summed E-state index contributed by atoms with van der Waals surface area (Å²) in [7, 11) is 0. The standard InChI is InChI=1S/C49H30N2/c1-2-12-32(13-3-1)47-37-16-6-4-14-35(37)30-43-42(47)29-36-15-5-7-17-38(36)48(43)33-24-22-31(23-25-33)34-26-27-40-41(28-34)39-18-8-10-20-45(39)51-46-21-11-9-19-44(46)50-49(40)51/h1-30H. The molecule has 0 radical (unpaired) electrons. The van der Waals surface area contributed by atoms with Crippen molar-refractivity contribution in [2.45, 2.75) is 0 Å². The second-order valence-electron chi connectivity index (χ2n) is 13.5. The van der Waals surface area contributed by atoms with Crippen molar-refractivity contribution in [3.05, 3.63) is 182 Å². The molecule has 0 aliphatic rings. The molecule has 0 saturated heterocycles. The molecule has 0 spiro atoms. The molecule has 0 atom stereocenters. The van der Waals surface area contributed by atoms with Crippen LogP contribution in [0.15, 0.2) is 182 Å². The predicted octanol–water partition coefficient (Wildman–Crippen LogP) is 13.3. The first kappa shape index (κ1) is 28.1. The molecule has 0 aliphatic carbocycles. The van der Waals surface area contributed by atoms with E-state index >= 15 is 0 Å². The monoisotopic (exact) mass is 646 g/mol. The highest BCUT2D eigenvalue weighted by molar-refractivity contribution is 6.22. The number of pyridine rings is 1. The van der Waals surface area contributed by atoms with E-state index in [0.717, 1.165) is 22.1 Å². The number of benzene rings is 9. The van der Waals surface area contributed by atoms with Gasteiger partial charge in [-0.15, -0.1) is 0 Å². The van der Waals surface area contributed by atoms with Crippen LogP contribution in [0.4, 0.5) is 0 Å². The van der Waals surface area contributed by atoms with Crippen molar-refractivity contribution in [2.24, 2.45) is 0 Å². The average molecular weight is 647 g/mol. The molecule has 11 aromatic rings. The third-order valence-electron chi connectivity index (χ3n) is 10.7. The van der Waals surface area contributed by atoms with Crippen LogP contribution < -0.4 is 0 Å². The smallest absolute Gasteiger partial charge is 0.146 e. The SMILES string of the molecule is c1ccc(-c2c3ccccc3cc3c(-c4ccc(-c5ccc6c(c5)c5ccccc5n5c7ccccc7nc65)cc4)c4ccccc4cc23)cc1. The van der Waals surface area contributed by atoms with Crippen molar-refractivity contribution in [2.75, 3.05) is 0 Å². The van der Waals surface area contributed by atoms with Gasteiger partial charge in [0, 0.05) is 10.8 Å². The van der Waals surface area contributed by atoms with Crippen molar-refractivity contribution >= 4 is 70.7 Å². The van der Waals surface area contributed by atoms with E-state index in [0.29, 0.717) is 0 Å². The summed E-state index contributed by atoms with van der Waals surface area (Å²) < 4.78 is 2.31. The summed E-state index contributed by atoms with van der Waals surface area (Å²) in [5.41, 5.74) is 11.7. The number of nitrogens with zero attached hydrogens (tertiary/aromatic N) is 2. The van der Waals surface area contributed by atoms with E-state index in [9.17, 15) is 0 Å². The second-order valence-corrected chi connectivity index (χ2v) is 13.5. The number of hydrogen-bond acceptors (Lipinski definition) is 1. The topological polar surface area (TPSA) is 17.3 Å². The predicted molar refractivity (Wildman–Crippen MR) is 217 cm³/mol. The number of rotatable bonds is 3. The Morgan fingerprint density at radius 1 is 0.314 bits per heavy atom. The maximum absolute atomic E-state index is 5.10. The summed E-state index contributed by atoms with van der Waals surface area (Å²) in [5.74, 6) is 0. The fourth-order valence-corrected chi connectivity index (χ4v) is 8.42. The van der Waals surface area contributed by atoms with E-state index in [1.165, 1.54) is 82.0 Å². The van der Waals surface area contributed by atoms with E-state index in [1.54, 1.807) is 0 Å². The highest BCUT2D eigenvalue weighted by atomic mass is 15.0. The Balaban J connectivity index is 1.12. The number of hydrogen-bond donors (Lipinski definition) is 0. The normalized spacial score (nSPS) is 11.9. The van der Waals surface area contributed by atoms with Gasteiger partial charge in [0.05, 0.1) is 16.6 Å². The summed E-state index contributed by atoms with van der Waals surface area (Å²) >= 11 is 0.